The third-order valence-electron chi connectivity index (χ3n) is 5.89. The van der Waals surface area contributed by atoms with Crippen LogP contribution in [0.25, 0.3) is 0 Å². The van der Waals surface area contributed by atoms with Gasteiger partial charge >= 0.3 is 6.09 Å². The molecule has 2 fully saturated rings. The lowest BCUT2D eigenvalue weighted by Gasteiger charge is -2.49. The van der Waals surface area contributed by atoms with Gasteiger partial charge in [0.15, 0.2) is 22.4 Å². The summed E-state index contributed by atoms with van der Waals surface area (Å²) in [6.07, 6.45) is 0.978. The zero-order valence-corrected chi connectivity index (χ0v) is 23.1. The molecule has 1 aromatic rings. The first-order chi connectivity index (χ1) is 15.4. The van der Waals surface area contributed by atoms with Crippen molar-refractivity contribution in [3.63, 3.8) is 0 Å². The third kappa shape index (κ3) is 8.19. The topological polar surface area (TPSA) is 66.5 Å². The number of rotatable bonds is 8. The standard InChI is InChI=1S/C24H41NO6Si2/c1-32(2,3)30-19-23(20-31-33(4,5)6)17-28-24(29-18-23)12-14-25(15-13-24)22(26)27-16-21-10-8-7-9-11-21/h7-11H,12-20H2,1-6H3. The van der Waals surface area contributed by atoms with Crippen molar-refractivity contribution in [2.45, 2.75) is 64.5 Å². The fraction of sp³-hybridized carbons (Fsp3) is 0.708. The Kier molecular flexibility index (Phi) is 8.45. The normalized spacial score (nSPS) is 20.6. The number of nitrogens with zero attached hydrogens (tertiary/aromatic N) is 1. The Bertz CT molecular complexity index is 739. The third-order valence-corrected chi connectivity index (χ3v) is 7.91. The van der Waals surface area contributed by atoms with Gasteiger partial charge in [0.1, 0.15) is 6.61 Å². The van der Waals surface area contributed by atoms with Crippen LogP contribution in [0.3, 0.4) is 0 Å². The lowest BCUT2D eigenvalue weighted by atomic mass is 9.90. The van der Waals surface area contributed by atoms with E-state index in [-0.39, 0.29) is 18.1 Å². The highest BCUT2D eigenvalue weighted by molar-refractivity contribution is 6.70. The van der Waals surface area contributed by atoms with Gasteiger partial charge in [-0.1, -0.05) is 30.3 Å². The summed E-state index contributed by atoms with van der Waals surface area (Å²) in [5.74, 6) is -0.641. The van der Waals surface area contributed by atoms with Crippen molar-refractivity contribution < 1.29 is 27.9 Å². The summed E-state index contributed by atoms with van der Waals surface area (Å²) in [5, 5.41) is 0. The average Bonchev–Trinajstić information content (AvgIpc) is 2.77. The van der Waals surface area contributed by atoms with Gasteiger partial charge in [-0.2, -0.15) is 0 Å². The summed E-state index contributed by atoms with van der Waals surface area (Å²) < 4.78 is 30.8. The van der Waals surface area contributed by atoms with Crippen LogP contribution in [0.5, 0.6) is 0 Å². The van der Waals surface area contributed by atoms with Crippen LogP contribution < -0.4 is 0 Å². The van der Waals surface area contributed by atoms with Gasteiger partial charge in [0, 0.05) is 39.1 Å². The summed E-state index contributed by atoms with van der Waals surface area (Å²) in [4.78, 5) is 14.2. The van der Waals surface area contributed by atoms with E-state index < -0.39 is 22.4 Å². The molecule has 9 heteroatoms. The Balaban J connectivity index is 1.52. The van der Waals surface area contributed by atoms with Crippen molar-refractivity contribution in [3.05, 3.63) is 35.9 Å². The Labute approximate surface area is 200 Å². The van der Waals surface area contributed by atoms with E-state index in [1.165, 1.54) is 0 Å². The molecule has 2 heterocycles. The minimum atomic E-state index is -1.68. The number of piperidine rings is 1. The maximum atomic E-state index is 12.5. The first kappa shape index (κ1) is 26.4. The van der Waals surface area contributed by atoms with Gasteiger partial charge in [-0.3, -0.25) is 0 Å². The van der Waals surface area contributed by atoms with Crippen molar-refractivity contribution in [3.8, 4) is 0 Å². The summed E-state index contributed by atoms with van der Waals surface area (Å²) in [5.41, 5.74) is 0.688. The van der Waals surface area contributed by atoms with Gasteiger partial charge in [-0.05, 0) is 44.8 Å². The molecule has 1 spiro atoms. The van der Waals surface area contributed by atoms with Crippen LogP contribution in [-0.4, -0.2) is 72.9 Å². The molecule has 33 heavy (non-hydrogen) atoms. The SMILES string of the molecule is C[Si](C)(C)OCC1(CO[Si](C)(C)C)COC2(CCN(C(=O)OCc3ccccc3)CC2)OC1. The molecule has 0 atom stereocenters. The Morgan fingerprint density at radius 3 is 1.91 bits per heavy atom. The van der Waals surface area contributed by atoms with Gasteiger partial charge in [-0.15, -0.1) is 0 Å². The van der Waals surface area contributed by atoms with E-state index in [1.807, 2.05) is 30.3 Å². The van der Waals surface area contributed by atoms with Gasteiger partial charge < -0.3 is 28.0 Å². The molecule has 0 saturated carbocycles. The van der Waals surface area contributed by atoms with E-state index in [9.17, 15) is 4.79 Å². The molecule has 3 rings (SSSR count). The number of amides is 1. The van der Waals surface area contributed by atoms with Crippen LogP contribution in [-0.2, 0) is 29.7 Å². The van der Waals surface area contributed by atoms with Crippen LogP contribution in [0.1, 0.15) is 18.4 Å². The van der Waals surface area contributed by atoms with E-state index in [1.54, 1.807) is 4.90 Å². The molecule has 0 radical (unpaired) electrons. The second kappa shape index (κ2) is 10.6. The number of benzene rings is 1. The molecule has 1 aromatic carbocycles. The van der Waals surface area contributed by atoms with E-state index in [0.29, 0.717) is 52.4 Å². The molecule has 1 amide bonds. The van der Waals surface area contributed by atoms with Gasteiger partial charge in [0.2, 0.25) is 0 Å². The average molecular weight is 496 g/mol. The first-order valence-corrected chi connectivity index (χ1v) is 18.7. The lowest BCUT2D eigenvalue weighted by molar-refractivity contribution is -0.322. The van der Waals surface area contributed by atoms with Crippen LogP contribution in [0.4, 0.5) is 4.79 Å². The zero-order chi connectivity index (χ0) is 24.2. The molecule has 0 bridgehead atoms. The van der Waals surface area contributed by atoms with Crippen LogP contribution >= 0.6 is 0 Å². The number of carbonyl (C=O) groups excluding carboxylic acids is 1. The Morgan fingerprint density at radius 1 is 0.909 bits per heavy atom. The van der Waals surface area contributed by atoms with Crippen molar-refractivity contribution in [1.82, 2.24) is 4.90 Å². The summed E-state index contributed by atoms with van der Waals surface area (Å²) >= 11 is 0. The monoisotopic (exact) mass is 495 g/mol. The first-order valence-electron chi connectivity index (χ1n) is 11.9. The molecule has 2 aliphatic heterocycles. The quantitative estimate of drug-likeness (QED) is 0.480. The zero-order valence-electron chi connectivity index (χ0n) is 21.1. The summed E-state index contributed by atoms with van der Waals surface area (Å²) in [6, 6.07) is 9.73. The fourth-order valence-electron chi connectivity index (χ4n) is 3.73. The molecule has 0 unspecified atom stereocenters. The molecule has 2 aliphatic rings. The number of hydrogen-bond acceptors (Lipinski definition) is 6. The highest BCUT2D eigenvalue weighted by atomic mass is 28.4. The van der Waals surface area contributed by atoms with Gasteiger partial charge in [0.05, 0.1) is 18.6 Å². The van der Waals surface area contributed by atoms with Gasteiger partial charge in [-0.25, -0.2) is 4.79 Å². The number of likely N-dealkylation sites (tertiary alicyclic amines) is 1. The summed E-state index contributed by atoms with van der Waals surface area (Å²) in [6.45, 7) is 16.8. The molecule has 0 aromatic heterocycles. The fourth-order valence-corrected chi connectivity index (χ4v) is 5.21. The van der Waals surface area contributed by atoms with Crippen molar-refractivity contribution in [2.24, 2.45) is 5.41 Å². The molecule has 2 saturated heterocycles. The predicted octanol–water partition coefficient (Wildman–Crippen LogP) is 4.85. The van der Waals surface area contributed by atoms with E-state index in [2.05, 4.69) is 39.3 Å². The van der Waals surface area contributed by atoms with E-state index in [4.69, 9.17) is 23.1 Å². The number of carbonyl (C=O) groups is 1. The van der Waals surface area contributed by atoms with Crippen molar-refractivity contribution in [2.75, 3.05) is 39.5 Å². The van der Waals surface area contributed by atoms with E-state index >= 15 is 0 Å². The highest BCUT2D eigenvalue weighted by Gasteiger charge is 2.48. The molecule has 186 valence electrons. The van der Waals surface area contributed by atoms with Crippen LogP contribution in [0.2, 0.25) is 39.3 Å². The Morgan fingerprint density at radius 2 is 1.42 bits per heavy atom. The smallest absolute Gasteiger partial charge is 0.410 e. The largest absolute Gasteiger partial charge is 0.445 e. The number of hydrogen-bond donors (Lipinski definition) is 0. The second-order valence-corrected chi connectivity index (χ2v) is 20.3. The maximum absolute atomic E-state index is 12.5. The predicted molar refractivity (Wildman–Crippen MR) is 133 cm³/mol. The molecule has 0 N–H and O–H groups in total. The number of ether oxygens (including phenoxy) is 3. The van der Waals surface area contributed by atoms with Crippen LogP contribution in [0, 0.1) is 5.41 Å². The summed E-state index contributed by atoms with van der Waals surface area (Å²) in [7, 11) is -3.36. The van der Waals surface area contributed by atoms with Gasteiger partial charge in [0.25, 0.3) is 0 Å². The highest BCUT2D eigenvalue weighted by Crippen LogP contribution is 2.38. The molecular weight excluding hydrogens is 454 g/mol. The van der Waals surface area contributed by atoms with E-state index in [0.717, 1.165) is 5.56 Å². The molecule has 0 aliphatic carbocycles. The molecule has 7 nitrogen and oxygen atoms in total. The van der Waals surface area contributed by atoms with Crippen molar-refractivity contribution >= 4 is 22.7 Å². The van der Waals surface area contributed by atoms with Crippen LogP contribution in [0.15, 0.2) is 30.3 Å². The minimum Gasteiger partial charge on any atom is -0.445 e. The Hall–Kier alpha value is -1.24. The maximum Gasteiger partial charge on any atom is 0.410 e. The van der Waals surface area contributed by atoms with Crippen molar-refractivity contribution in [1.29, 1.82) is 0 Å². The second-order valence-electron chi connectivity index (χ2n) is 11.3. The minimum absolute atomic E-state index is 0.283. The molecular formula is C24H41NO6Si2. The lowest BCUT2D eigenvalue weighted by Crippen LogP contribution is -2.58.